The monoisotopic (exact) mass is 434 g/mol. The average molecular weight is 435 g/mol. The number of methoxy groups -OCH3 is 1. The molecule has 2 aromatic rings. The maximum atomic E-state index is 12.0. The Hall–Kier alpha value is -2.87. The smallest absolute Gasteiger partial charge is 0.337 e. The highest BCUT2D eigenvalue weighted by atomic mass is 79.9. The summed E-state index contributed by atoms with van der Waals surface area (Å²) in [6.07, 6.45) is 0.895. The molecule has 2 N–H and O–H groups in total. The van der Waals surface area contributed by atoms with E-state index in [2.05, 4.69) is 31.5 Å². The van der Waals surface area contributed by atoms with Crippen molar-refractivity contribution >= 4 is 33.7 Å². The Morgan fingerprint density at radius 1 is 1.00 bits per heavy atom. The molecule has 2 aromatic carbocycles. The molecular weight excluding hydrogens is 416 g/mol. The molecule has 0 spiro atoms. The van der Waals surface area contributed by atoms with Crippen molar-refractivity contribution in [3.8, 4) is 5.75 Å². The van der Waals surface area contributed by atoms with Crippen LogP contribution in [0.15, 0.2) is 46.9 Å². The molecular formula is C19H19BrN2O5. The van der Waals surface area contributed by atoms with Gasteiger partial charge in [0.2, 0.25) is 0 Å². The summed E-state index contributed by atoms with van der Waals surface area (Å²) in [6.45, 7) is 1.78. The van der Waals surface area contributed by atoms with Crippen LogP contribution in [0.2, 0.25) is 0 Å². The molecule has 0 unspecified atom stereocenters. The van der Waals surface area contributed by atoms with E-state index in [0.29, 0.717) is 11.3 Å². The molecule has 0 radical (unpaired) electrons. The van der Waals surface area contributed by atoms with Crippen LogP contribution in [0.3, 0.4) is 0 Å². The predicted molar refractivity (Wildman–Crippen MR) is 102 cm³/mol. The topological polar surface area (TPSA) is 93.7 Å². The first-order chi connectivity index (χ1) is 12.9. The van der Waals surface area contributed by atoms with E-state index >= 15 is 0 Å². The highest BCUT2D eigenvalue weighted by Crippen LogP contribution is 2.26. The first kappa shape index (κ1) is 20.4. The lowest BCUT2D eigenvalue weighted by molar-refractivity contribution is -0.123. The van der Waals surface area contributed by atoms with E-state index in [9.17, 15) is 14.4 Å². The van der Waals surface area contributed by atoms with Gasteiger partial charge in [-0.2, -0.15) is 0 Å². The first-order valence-corrected chi connectivity index (χ1v) is 8.92. The molecule has 0 fully saturated rings. The number of ether oxygens (including phenoxy) is 2. The minimum absolute atomic E-state index is 0.258. The number of rotatable bonds is 6. The highest BCUT2D eigenvalue weighted by molar-refractivity contribution is 9.10. The van der Waals surface area contributed by atoms with Gasteiger partial charge in [0, 0.05) is 5.56 Å². The molecule has 142 valence electrons. The maximum absolute atomic E-state index is 12.0. The number of carbonyl (C=O) groups is 3. The van der Waals surface area contributed by atoms with E-state index in [0.717, 1.165) is 16.5 Å². The van der Waals surface area contributed by atoms with Crippen molar-refractivity contribution in [2.45, 2.75) is 13.3 Å². The zero-order valence-corrected chi connectivity index (χ0v) is 16.5. The first-order valence-electron chi connectivity index (χ1n) is 8.13. The second-order valence-electron chi connectivity index (χ2n) is 5.48. The maximum Gasteiger partial charge on any atom is 0.337 e. The molecule has 7 nitrogen and oxygen atoms in total. The van der Waals surface area contributed by atoms with Gasteiger partial charge < -0.3 is 9.47 Å². The third kappa shape index (κ3) is 5.82. The zero-order valence-electron chi connectivity index (χ0n) is 14.9. The summed E-state index contributed by atoms with van der Waals surface area (Å²) in [5.74, 6) is -0.994. The fourth-order valence-electron chi connectivity index (χ4n) is 2.13. The molecule has 2 amide bonds. The summed E-state index contributed by atoms with van der Waals surface area (Å²) in [7, 11) is 1.28. The summed E-state index contributed by atoms with van der Waals surface area (Å²) in [5.41, 5.74) is 6.30. The van der Waals surface area contributed by atoms with Gasteiger partial charge in [-0.25, -0.2) is 4.79 Å². The number of benzene rings is 2. The lowest BCUT2D eigenvalue weighted by Gasteiger charge is -2.10. The Labute approximate surface area is 165 Å². The minimum Gasteiger partial charge on any atom is -0.483 e. The molecule has 27 heavy (non-hydrogen) atoms. The Morgan fingerprint density at radius 3 is 2.26 bits per heavy atom. The Bertz CT molecular complexity index is 836. The number of carbonyl (C=O) groups excluding carboxylic acids is 3. The van der Waals surface area contributed by atoms with Crippen molar-refractivity contribution in [3.63, 3.8) is 0 Å². The third-order valence-electron chi connectivity index (χ3n) is 3.65. The van der Waals surface area contributed by atoms with Crippen molar-refractivity contribution in [2.75, 3.05) is 13.7 Å². The molecule has 0 aliphatic rings. The van der Waals surface area contributed by atoms with E-state index in [1.807, 2.05) is 19.1 Å². The van der Waals surface area contributed by atoms with Crippen LogP contribution in [0.4, 0.5) is 0 Å². The van der Waals surface area contributed by atoms with Gasteiger partial charge in [-0.05, 0) is 64.3 Å². The summed E-state index contributed by atoms with van der Waals surface area (Å²) < 4.78 is 10.8. The largest absolute Gasteiger partial charge is 0.483 e. The fraction of sp³-hybridized carbons (Fsp3) is 0.211. The second kappa shape index (κ2) is 9.72. The van der Waals surface area contributed by atoms with Gasteiger partial charge in [0.05, 0.1) is 17.1 Å². The average Bonchev–Trinajstić information content (AvgIpc) is 2.70. The van der Waals surface area contributed by atoms with E-state index in [4.69, 9.17) is 4.74 Å². The number of aryl methyl sites for hydroxylation is 1. The van der Waals surface area contributed by atoms with Crippen LogP contribution >= 0.6 is 15.9 Å². The van der Waals surface area contributed by atoms with Gasteiger partial charge in [-0.3, -0.25) is 20.4 Å². The van der Waals surface area contributed by atoms with Crippen molar-refractivity contribution in [2.24, 2.45) is 0 Å². The number of hydrogen-bond acceptors (Lipinski definition) is 5. The SMILES string of the molecule is CCc1ccc(OCC(=O)NNC(=O)c2ccc(C(=O)OC)cc2)c(Br)c1. The molecule has 0 saturated heterocycles. The lowest BCUT2D eigenvalue weighted by Crippen LogP contribution is -2.43. The number of nitrogens with one attached hydrogen (secondary N) is 2. The van der Waals surface area contributed by atoms with Gasteiger partial charge >= 0.3 is 5.97 Å². The number of hydrazine groups is 1. The summed E-state index contributed by atoms with van der Waals surface area (Å²) in [6, 6.07) is 11.4. The molecule has 0 aliphatic heterocycles. The molecule has 0 atom stereocenters. The molecule has 0 heterocycles. The molecule has 0 aromatic heterocycles. The van der Waals surface area contributed by atoms with E-state index in [-0.39, 0.29) is 12.2 Å². The number of halogens is 1. The molecule has 2 rings (SSSR count). The van der Waals surface area contributed by atoms with Crippen molar-refractivity contribution in [3.05, 3.63) is 63.6 Å². The highest BCUT2D eigenvalue weighted by Gasteiger charge is 2.11. The van der Waals surface area contributed by atoms with Crippen LogP contribution in [0, 0.1) is 0 Å². The van der Waals surface area contributed by atoms with E-state index in [1.165, 1.54) is 31.4 Å². The van der Waals surface area contributed by atoms with Crippen LogP contribution in [0.1, 0.15) is 33.2 Å². The van der Waals surface area contributed by atoms with Crippen LogP contribution in [0.25, 0.3) is 0 Å². The summed E-state index contributed by atoms with van der Waals surface area (Å²) in [4.78, 5) is 35.2. The summed E-state index contributed by atoms with van der Waals surface area (Å²) in [5, 5.41) is 0. The van der Waals surface area contributed by atoms with E-state index in [1.54, 1.807) is 6.07 Å². The number of amides is 2. The quantitative estimate of drug-likeness (QED) is 0.538. The Morgan fingerprint density at radius 2 is 1.67 bits per heavy atom. The van der Waals surface area contributed by atoms with Crippen LogP contribution in [0.5, 0.6) is 5.75 Å². The number of esters is 1. The van der Waals surface area contributed by atoms with Gasteiger partial charge in [0.15, 0.2) is 6.61 Å². The van der Waals surface area contributed by atoms with Crippen LogP contribution in [-0.4, -0.2) is 31.5 Å². The molecule has 8 heteroatoms. The second-order valence-corrected chi connectivity index (χ2v) is 6.33. The molecule has 0 aliphatic carbocycles. The van der Waals surface area contributed by atoms with Crippen molar-refractivity contribution in [1.82, 2.24) is 10.9 Å². The Balaban J connectivity index is 1.82. The van der Waals surface area contributed by atoms with Crippen LogP contribution < -0.4 is 15.6 Å². The Kier molecular flexibility index (Phi) is 7.36. The molecule has 0 bridgehead atoms. The van der Waals surface area contributed by atoms with Gasteiger partial charge in [-0.1, -0.05) is 13.0 Å². The zero-order chi connectivity index (χ0) is 19.8. The van der Waals surface area contributed by atoms with Gasteiger partial charge in [0.25, 0.3) is 11.8 Å². The third-order valence-corrected chi connectivity index (χ3v) is 4.27. The lowest BCUT2D eigenvalue weighted by atomic mass is 10.1. The van der Waals surface area contributed by atoms with Gasteiger partial charge in [0.1, 0.15) is 5.75 Å². The van der Waals surface area contributed by atoms with Gasteiger partial charge in [-0.15, -0.1) is 0 Å². The predicted octanol–water partition coefficient (Wildman–Crippen LogP) is 2.64. The number of hydrogen-bond donors (Lipinski definition) is 2. The van der Waals surface area contributed by atoms with Crippen molar-refractivity contribution in [1.29, 1.82) is 0 Å². The standard InChI is InChI=1S/C19H19BrN2O5/c1-3-12-4-9-16(15(20)10-12)27-11-17(23)21-22-18(24)13-5-7-14(8-6-13)19(25)26-2/h4-10H,3,11H2,1-2H3,(H,21,23)(H,22,24). The summed E-state index contributed by atoms with van der Waals surface area (Å²) >= 11 is 3.39. The van der Waals surface area contributed by atoms with Crippen molar-refractivity contribution < 1.29 is 23.9 Å². The fourth-order valence-corrected chi connectivity index (χ4v) is 2.68. The molecule has 0 saturated carbocycles. The van der Waals surface area contributed by atoms with Crippen LogP contribution in [-0.2, 0) is 16.0 Å². The van der Waals surface area contributed by atoms with E-state index < -0.39 is 17.8 Å². The minimum atomic E-state index is -0.520. The normalized spacial score (nSPS) is 10.0.